The Balaban J connectivity index is 0.00000280. The van der Waals surface area contributed by atoms with Gasteiger partial charge in [0.05, 0.1) is 11.0 Å². The molecule has 9 heteroatoms. The van der Waals surface area contributed by atoms with E-state index in [9.17, 15) is 18.3 Å². The molecule has 0 bridgehead atoms. The number of rotatable bonds is 5. The third kappa shape index (κ3) is 5.04. The molecule has 2 aliphatic heterocycles. The number of nitrogens with zero attached hydrogens (tertiary/aromatic N) is 1. The first-order valence-electron chi connectivity index (χ1n) is 9.53. The van der Waals surface area contributed by atoms with E-state index < -0.39 is 16.1 Å². The summed E-state index contributed by atoms with van der Waals surface area (Å²) in [7, 11) is -3.52. The van der Waals surface area contributed by atoms with Crippen molar-refractivity contribution >= 4 is 28.3 Å². The fourth-order valence-electron chi connectivity index (χ4n) is 3.69. The number of piperidine rings is 1. The summed E-state index contributed by atoms with van der Waals surface area (Å²) in [5, 5.41) is 15.8. The molecule has 2 fully saturated rings. The third-order valence-corrected chi connectivity index (χ3v) is 7.68. The molecule has 2 unspecified atom stereocenters. The van der Waals surface area contributed by atoms with Crippen LogP contribution in [-0.4, -0.2) is 62.6 Å². The molecule has 1 aromatic carbocycles. The smallest absolute Gasteiger partial charge is 0.243 e. The fraction of sp³-hybridized carbons (Fsp3) is 0.632. The average Bonchev–Trinajstić information content (AvgIpc) is 3.07. The van der Waals surface area contributed by atoms with Gasteiger partial charge in [-0.05, 0) is 49.9 Å². The Bertz CT molecular complexity index is 794. The number of hydrogen-bond acceptors (Lipinski definition) is 5. The highest BCUT2D eigenvalue weighted by molar-refractivity contribution is 7.89. The van der Waals surface area contributed by atoms with Gasteiger partial charge in [-0.3, -0.25) is 4.79 Å². The van der Waals surface area contributed by atoms with Crippen molar-refractivity contribution < 1.29 is 18.3 Å². The molecule has 0 aliphatic carbocycles. The maximum absolute atomic E-state index is 12.9. The SMILES string of the molecule is Cc1ccc(S(=O)(=O)N2CCC(C(=O)NCC3CNCC3O)CC2)cc1C.Cl. The van der Waals surface area contributed by atoms with Crippen molar-refractivity contribution in [2.75, 3.05) is 32.7 Å². The number of halogens is 1. The van der Waals surface area contributed by atoms with Crippen LogP contribution in [0, 0.1) is 25.7 Å². The van der Waals surface area contributed by atoms with Crippen LogP contribution in [0.1, 0.15) is 24.0 Å². The van der Waals surface area contributed by atoms with Crippen LogP contribution in [-0.2, 0) is 14.8 Å². The monoisotopic (exact) mass is 431 g/mol. The van der Waals surface area contributed by atoms with Gasteiger partial charge in [-0.15, -0.1) is 12.4 Å². The summed E-state index contributed by atoms with van der Waals surface area (Å²) < 4.78 is 27.2. The van der Waals surface area contributed by atoms with Gasteiger partial charge < -0.3 is 15.7 Å². The van der Waals surface area contributed by atoms with Gasteiger partial charge in [0, 0.05) is 44.6 Å². The highest BCUT2D eigenvalue weighted by atomic mass is 35.5. The molecule has 1 amide bonds. The second-order valence-electron chi connectivity index (χ2n) is 7.66. The molecular formula is C19H30ClN3O4S. The van der Waals surface area contributed by atoms with Gasteiger partial charge in [-0.2, -0.15) is 4.31 Å². The predicted octanol–water partition coefficient (Wildman–Crippen LogP) is 0.822. The highest BCUT2D eigenvalue weighted by Gasteiger charge is 2.33. The lowest BCUT2D eigenvalue weighted by Gasteiger charge is -2.31. The zero-order valence-corrected chi connectivity index (χ0v) is 18.0. The number of aliphatic hydroxyl groups is 1. The first kappa shape index (κ1) is 23.1. The van der Waals surface area contributed by atoms with Crippen LogP contribution in [0.3, 0.4) is 0 Å². The molecule has 3 rings (SSSR count). The van der Waals surface area contributed by atoms with Crippen LogP contribution in [0.4, 0.5) is 0 Å². The first-order chi connectivity index (χ1) is 12.8. The van der Waals surface area contributed by atoms with E-state index in [1.54, 1.807) is 12.1 Å². The fourth-order valence-corrected chi connectivity index (χ4v) is 5.24. The van der Waals surface area contributed by atoms with Gasteiger partial charge in [0.2, 0.25) is 15.9 Å². The van der Waals surface area contributed by atoms with Crippen molar-refractivity contribution in [3.63, 3.8) is 0 Å². The van der Waals surface area contributed by atoms with Crippen molar-refractivity contribution in [1.29, 1.82) is 0 Å². The van der Waals surface area contributed by atoms with Crippen LogP contribution in [0.25, 0.3) is 0 Å². The van der Waals surface area contributed by atoms with Gasteiger partial charge in [-0.1, -0.05) is 6.07 Å². The number of amides is 1. The van der Waals surface area contributed by atoms with E-state index in [0.29, 0.717) is 50.5 Å². The van der Waals surface area contributed by atoms with Crippen molar-refractivity contribution in [3.05, 3.63) is 29.3 Å². The van der Waals surface area contributed by atoms with Crippen molar-refractivity contribution in [2.45, 2.75) is 37.7 Å². The molecular weight excluding hydrogens is 402 g/mol. The molecule has 2 atom stereocenters. The second-order valence-corrected chi connectivity index (χ2v) is 9.59. The minimum atomic E-state index is -3.52. The van der Waals surface area contributed by atoms with Crippen LogP contribution in [0.15, 0.2) is 23.1 Å². The standard InChI is InChI=1S/C19H29N3O4S.ClH/c1-13-3-4-17(9-14(13)2)27(25,26)22-7-5-15(6-8-22)19(24)21-11-16-10-20-12-18(16)23;/h3-4,9,15-16,18,20,23H,5-8,10-12H2,1-2H3,(H,21,24);1H. The normalized spacial score (nSPS) is 24.0. The molecule has 158 valence electrons. The molecule has 2 heterocycles. The Labute approximate surface area is 173 Å². The highest BCUT2D eigenvalue weighted by Crippen LogP contribution is 2.25. The van der Waals surface area contributed by atoms with Crippen LogP contribution in [0.5, 0.6) is 0 Å². The minimum Gasteiger partial charge on any atom is -0.391 e. The molecule has 2 saturated heterocycles. The maximum atomic E-state index is 12.9. The van der Waals surface area contributed by atoms with Crippen LogP contribution in [0.2, 0.25) is 0 Å². The Morgan fingerprint density at radius 2 is 1.89 bits per heavy atom. The summed E-state index contributed by atoms with van der Waals surface area (Å²) in [4.78, 5) is 12.7. The lowest BCUT2D eigenvalue weighted by atomic mass is 9.97. The number of aryl methyl sites for hydroxylation is 2. The Hall–Kier alpha value is -1.19. The number of sulfonamides is 1. The zero-order chi connectivity index (χ0) is 19.6. The average molecular weight is 432 g/mol. The molecule has 28 heavy (non-hydrogen) atoms. The molecule has 0 aromatic heterocycles. The van der Waals surface area contributed by atoms with E-state index in [1.165, 1.54) is 4.31 Å². The van der Waals surface area contributed by atoms with Crippen LogP contribution < -0.4 is 10.6 Å². The molecule has 3 N–H and O–H groups in total. The van der Waals surface area contributed by atoms with Gasteiger partial charge in [0.15, 0.2) is 0 Å². The number of carbonyl (C=O) groups excluding carboxylic acids is 1. The van der Waals surface area contributed by atoms with Gasteiger partial charge in [0.1, 0.15) is 0 Å². The minimum absolute atomic E-state index is 0. The lowest BCUT2D eigenvalue weighted by Crippen LogP contribution is -2.44. The Kier molecular flexibility index (Phi) is 7.87. The summed E-state index contributed by atoms with van der Waals surface area (Å²) in [6.07, 6.45) is 0.609. The van der Waals surface area contributed by atoms with Gasteiger partial charge >= 0.3 is 0 Å². The maximum Gasteiger partial charge on any atom is 0.243 e. The largest absolute Gasteiger partial charge is 0.391 e. The Morgan fingerprint density at radius 1 is 1.21 bits per heavy atom. The van der Waals surface area contributed by atoms with E-state index in [2.05, 4.69) is 10.6 Å². The lowest BCUT2D eigenvalue weighted by molar-refractivity contribution is -0.126. The van der Waals surface area contributed by atoms with E-state index in [-0.39, 0.29) is 30.2 Å². The Morgan fingerprint density at radius 3 is 2.46 bits per heavy atom. The number of nitrogens with one attached hydrogen (secondary N) is 2. The van der Waals surface area contributed by atoms with Crippen molar-refractivity contribution in [1.82, 2.24) is 14.9 Å². The first-order valence-corrected chi connectivity index (χ1v) is 11.0. The molecule has 1 aromatic rings. The second kappa shape index (κ2) is 9.54. The third-order valence-electron chi connectivity index (χ3n) is 5.78. The van der Waals surface area contributed by atoms with Gasteiger partial charge in [-0.25, -0.2) is 8.42 Å². The number of benzene rings is 1. The summed E-state index contributed by atoms with van der Waals surface area (Å²) in [6.45, 7) is 6.28. The van der Waals surface area contributed by atoms with Gasteiger partial charge in [0.25, 0.3) is 0 Å². The van der Waals surface area contributed by atoms with E-state index in [1.807, 2.05) is 19.9 Å². The van der Waals surface area contributed by atoms with Crippen LogP contribution >= 0.6 is 12.4 Å². The predicted molar refractivity (Wildman–Crippen MR) is 110 cm³/mol. The van der Waals surface area contributed by atoms with Crippen molar-refractivity contribution in [2.24, 2.45) is 11.8 Å². The summed E-state index contributed by atoms with van der Waals surface area (Å²) in [6, 6.07) is 5.19. The summed E-state index contributed by atoms with van der Waals surface area (Å²) in [5.41, 5.74) is 2.01. The molecule has 0 saturated carbocycles. The molecule has 0 radical (unpaired) electrons. The van der Waals surface area contributed by atoms with Crippen molar-refractivity contribution in [3.8, 4) is 0 Å². The molecule has 7 nitrogen and oxygen atoms in total. The van der Waals surface area contributed by atoms with E-state index >= 15 is 0 Å². The number of aliphatic hydroxyl groups excluding tert-OH is 1. The molecule has 0 spiro atoms. The molecule has 2 aliphatic rings. The number of carbonyl (C=O) groups is 1. The summed E-state index contributed by atoms with van der Waals surface area (Å²) >= 11 is 0. The van der Waals surface area contributed by atoms with E-state index in [4.69, 9.17) is 0 Å². The quantitative estimate of drug-likeness (QED) is 0.641. The number of hydrogen-bond donors (Lipinski definition) is 3. The van der Waals surface area contributed by atoms with E-state index in [0.717, 1.165) is 11.1 Å². The topological polar surface area (TPSA) is 98.7 Å². The number of β-amino-alcohol motifs (C(OH)–C–C–N with tert-alkyl or cyclic N) is 1. The summed E-state index contributed by atoms with van der Waals surface area (Å²) in [5.74, 6) is -0.181. The zero-order valence-electron chi connectivity index (χ0n) is 16.3.